The molecule has 202 valence electrons. The highest BCUT2D eigenvalue weighted by Crippen LogP contribution is 2.36. The van der Waals surface area contributed by atoms with E-state index in [0.717, 1.165) is 11.8 Å². The lowest BCUT2D eigenvalue weighted by atomic mass is 9.95. The Bertz CT molecular complexity index is 1050. The summed E-state index contributed by atoms with van der Waals surface area (Å²) in [7, 11) is 0. The lowest BCUT2D eigenvalue weighted by molar-refractivity contribution is -0.248. The van der Waals surface area contributed by atoms with Gasteiger partial charge in [-0.2, -0.15) is 0 Å². The van der Waals surface area contributed by atoms with Gasteiger partial charge in [0, 0.05) is 23.3 Å². The molecule has 4 rings (SSSR count). The number of aliphatic carboxylic acids is 1. The van der Waals surface area contributed by atoms with Gasteiger partial charge < -0.3 is 49.2 Å². The Labute approximate surface area is 217 Å². The number of benzene rings is 1. The van der Waals surface area contributed by atoms with Crippen LogP contribution < -0.4 is 4.74 Å². The van der Waals surface area contributed by atoms with E-state index in [9.17, 15) is 30.3 Å². The van der Waals surface area contributed by atoms with Gasteiger partial charge in [0.1, 0.15) is 35.4 Å². The number of carbonyl (C=O) groups is 1. The lowest BCUT2D eigenvalue weighted by Gasteiger charge is -2.29. The monoisotopic (exact) mass is 539 g/mol. The highest BCUT2D eigenvalue weighted by molar-refractivity contribution is 8.14. The Morgan fingerprint density at radius 3 is 2.70 bits per heavy atom. The molecule has 7 atom stereocenters. The number of terminal acetylenes is 1. The highest BCUT2D eigenvalue weighted by Gasteiger charge is 2.51. The van der Waals surface area contributed by atoms with Gasteiger partial charge in [0.05, 0.1) is 45.2 Å². The van der Waals surface area contributed by atoms with Crippen molar-refractivity contribution in [2.45, 2.75) is 36.2 Å². The van der Waals surface area contributed by atoms with E-state index in [4.69, 9.17) is 30.1 Å². The lowest BCUT2D eigenvalue weighted by Crippen LogP contribution is -2.44. The van der Waals surface area contributed by atoms with Crippen LogP contribution in [0.4, 0.5) is 0 Å². The number of ether oxygens (including phenoxy) is 5. The van der Waals surface area contributed by atoms with Gasteiger partial charge in [0.2, 0.25) is 5.54 Å². The van der Waals surface area contributed by atoms with Gasteiger partial charge in [0.15, 0.2) is 6.29 Å². The number of hydrogen-bond acceptors (Lipinski definition) is 12. The van der Waals surface area contributed by atoms with Crippen LogP contribution in [0.5, 0.6) is 11.5 Å². The second-order valence-corrected chi connectivity index (χ2v) is 9.66. The molecular formula is C24H29NO11S. The molecule has 3 aliphatic rings. The number of aliphatic imine (C=N–C) groups is 1. The number of fused-ring (bicyclic) bond motifs is 2. The third-order valence-corrected chi connectivity index (χ3v) is 7.49. The van der Waals surface area contributed by atoms with E-state index < -0.39 is 48.1 Å². The van der Waals surface area contributed by atoms with Crippen molar-refractivity contribution in [3.05, 3.63) is 23.8 Å². The summed E-state index contributed by atoms with van der Waals surface area (Å²) in [4.78, 5) is 15.6. The minimum Gasteiger partial charge on any atom is -0.507 e. The normalized spacial score (nSPS) is 33.0. The third kappa shape index (κ3) is 5.87. The minimum absolute atomic E-state index is 0.0809. The van der Waals surface area contributed by atoms with Crippen molar-refractivity contribution in [1.82, 2.24) is 0 Å². The van der Waals surface area contributed by atoms with Gasteiger partial charge in [-0.15, -0.1) is 18.2 Å². The van der Waals surface area contributed by atoms with Crippen LogP contribution in [0.1, 0.15) is 5.56 Å². The minimum atomic E-state index is -1.64. The quantitative estimate of drug-likeness (QED) is 0.175. The topological polar surface area (TPSA) is 177 Å². The number of carboxylic acids is 1. The molecule has 3 heterocycles. The Kier molecular flexibility index (Phi) is 8.94. The average molecular weight is 540 g/mol. The number of nitrogens with zero attached hydrogens (tertiary/aromatic N) is 1. The van der Waals surface area contributed by atoms with Gasteiger partial charge >= 0.3 is 5.97 Å². The summed E-state index contributed by atoms with van der Waals surface area (Å²) >= 11 is 1.16. The van der Waals surface area contributed by atoms with E-state index in [1.54, 1.807) is 12.1 Å². The SMILES string of the molecule is C#C[C@]1(C(=O)O)CSC(c2ccc(OCCOCCO[C@H]3OC(CO)C4COC(C3O)[C@H]4O)cc2O)=N1. The first-order valence-electron chi connectivity index (χ1n) is 11.6. The summed E-state index contributed by atoms with van der Waals surface area (Å²) in [6.45, 7) is 0.479. The van der Waals surface area contributed by atoms with Crippen LogP contribution in [-0.4, -0.2) is 118 Å². The van der Waals surface area contributed by atoms with Crippen LogP contribution in [0.3, 0.4) is 0 Å². The maximum atomic E-state index is 11.5. The van der Waals surface area contributed by atoms with Crippen molar-refractivity contribution in [3.63, 3.8) is 0 Å². The van der Waals surface area contributed by atoms with Gasteiger partial charge in [-0.05, 0) is 12.1 Å². The molecule has 37 heavy (non-hydrogen) atoms. The van der Waals surface area contributed by atoms with Crippen molar-refractivity contribution in [1.29, 1.82) is 0 Å². The Balaban J connectivity index is 1.19. The molecule has 2 bridgehead atoms. The van der Waals surface area contributed by atoms with E-state index in [-0.39, 0.29) is 51.1 Å². The van der Waals surface area contributed by atoms with Crippen molar-refractivity contribution < 1.29 is 54.0 Å². The van der Waals surface area contributed by atoms with E-state index in [1.165, 1.54) is 6.07 Å². The van der Waals surface area contributed by atoms with Crippen LogP contribution in [0.2, 0.25) is 0 Å². The zero-order valence-electron chi connectivity index (χ0n) is 19.8. The second-order valence-electron chi connectivity index (χ2n) is 8.69. The number of phenols is 1. The molecule has 12 nitrogen and oxygen atoms in total. The molecule has 0 aromatic heterocycles. The summed E-state index contributed by atoms with van der Waals surface area (Å²) in [5, 5.41) is 50.3. The van der Waals surface area contributed by atoms with Crippen molar-refractivity contribution in [2.24, 2.45) is 10.9 Å². The first kappa shape index (κ1) is 27.6. The summed E-state index contributed by atoms with van der Waals surface area (Å²) in [6, 6.07) is 4.58. The maximum absolute atomic E-state index is 11.5. The summed E-state index contributed by atoms with van der Waals surface area (Å²) in [5.74, 6) is 0.896. The number of aromatic hydroxyl groups is 1. The molecule has 1 aromatic carbocycles. The number of phenolic OH excluding ortho intramolecular Hbond substituents is 1. The number of aliphatic hydroxyl groups is 3. The number of hydrogen-bond donors (Lipinski definition) is 5. The molecule has 5 N–H and O–H groups in total. The molecule has 0 radical (unpaired) electrons. The van der Waals surface area contributed by atoms with Crippen LogP contribution in [-0.2, 0) is 23.7 Å². The fourth-order valence-corrected chi connectivity index (χ4v) is 5.40. The fourth-order valence-electron chi connectivity index (χ4n) is 4.24. The van der Waals surface area contributed by atoms with Gasteiger partial charge in [-0.1, -0.05) is 5.92 Å². The van der Waals surface area contributed by atoms with E-state index in [0.29, 0.717) is 16.4 Å². The molecule has 2 saturated heterocycles. The van der Waals surface area contributed by atoms with Crippen LogP contribution in [0.25, 0.3) is 0 Å². The first-order chi connectivity index (χ1) is 17.8. The van der Waals surface area contributed by atoms with Crippen molar-refractivity contribution >= 4 is 22.8 Å². The van der Waals surface area contributed by atoms with E-state index in [2.05, 4.69) is 10.9 Å². The molecule has 0 aliphatic carbocycles. The van der Waals surface area contributed by atoms with Crippen molar-refractivity contribution in [3.8, 4) is 23.8 Å². The van der Waals surface area contributed by atoms with Crippen LogP contribution in [0.15, 0.2) is 23.2 Å². The Morgan fingerprint density at radius 1 is 1.24 bits per heavy atom. The molecule has 3 aliphatic heterocycles. The van der Waals surface area contributed by atoms with Gasteiger partial charge in [-0.3, -0.25) is 0 Å². The van der Waals surface area contributed by atoms with Crippen molar-refractivity contribution in [2.75, 3.05) is 45.4 Å². The molecule has 0 spiro atoms. The predicted octanol–water partition coefficient (Wildman–Crippen LogP) is -0.792. The Morgan fingerprint density at radius 2 is 2.03 bits per heavy atom. The zero-order chi connectivity index (χ0) is 26.6. The summed E-state index contributed by atoms with van der Waals surface area (Å²) in [6.07, 6.45) is 0.558. The first-order valence-corrected chi connectivity index (χ1v) is 12.6. The molecule has 0 saturated carbocycles. The highest BCUT2D eigenvalue weighted by atomic mass is 32.2. The number of rotatable bonds is 11. The number of aliphatic hydroxyl groups excluding tert-OH is 3. The summed E-state index contributed by atoms with van der Waals surface area (Å²) in [5.41, 5.74) is -1.28. The molecular weight excluding hydrogens is 510 g/mol. The zero-order valence-corrected chi connectivity index (χ0v) is 20.6. The average Bonchev–Trinajstić information content (AvgIpc) is 3.47. The molecule has 2 fully saturated rings. The maximum Gasteiger partial charge on any atom is 0.345 e. The van der Waals surface area contributed by atoms with Gasteiger partial charge in [0.25, 0.3) is 0 Å². The van der Waals surface area contributed by atoms with Crippen LogP contribution >= 0.6 is 11.8 Å². The Hall–Kier alpha value is -2.41. The number of carboxylic acid groups (broad SMARTS) is 1. The van der Waals surface area contributed by atoms with E-state index >= 15 is 0 Å². The standard InChI is InChI=1S/C24H29NO11S/c1-2-24(23(30)31)12-37-21(25-24)14-4-3-13(9-16(14)27)33-7-5-32-6-8-34-22-19(29)20-18(28)15(11-35-20)17(10-26)36-22/h1,3-4,9,15,17-20,22,26-29H,5-8,10-12H2,(H,30,31)/t15?,17?,18-,19?,20?,22-,24+/m0/s1. The van der Waals surface area contributed by atoms with E-state index in [1.807, 2.05) is 0 Å². The number of thioether (sulfide) groups is 1. The largest absolute Gasteiger partial charge is 0.507 e. The van der Waals surface area contributed by atoms with Crippen LogP contribution in [0, 0.1) is 18.3 Å². The third-order valence-electron chi connectivity index (χ3n) is 6.35. The smallest absolute Gasteiger partial charge is 0.345 e. The molecule has 1 aromatic rings. The molecule has 4 unspecified atom stereocenters. The van der Waals surface area contributed by atoms with Gasteiger partial charge in [-0.25, -0.2) is 9.79 Å². The molecule has 0 amide bonds. The summed E-state index contributed by atoms with van der Waals surface area (Å²) < 4.78 is 27.7. The fraction of sp³-hybridized carbons (Fsp3) is 0.583. The second kappa shape index (κ2) is 12.0. The predicted molar refractivity (Wildman–Crippen MR) is 130 cm³/mol. The molecule has 13 heteroatoms.